The van der Waals surface area contributed by atoms with E-state index >= 15 is 0 Å². The Hall–Kier alpha value is -4.62. The molecule has 3 heterocycles. The van der Waals surface area contributed by atoms with Crippen molar-refractivity contribution in [2.45, 2.75) is 44.4 Å². The molecule has 0 spiro atoms. The predicted octanol–water partition coefficient (Wildman–Crippen LogP) is 4.67. The molecule has 1 fully saturated rings. The topological polar surface area (TPSA) is 129 Å². The number of fused-ring (bicyclic) bond motifs is 2. The van der Waals surface area contributed by atoms with Gasteiger partial charge < -0.3 is 20.1 Å². The lowest BCUT2D eigenvalue weighted by molar-refractivity contribution is -0.136. The van der Waals surface area contributed by atoms with Crippen molar-refractivity contribution >= 4 is 45.6 Å². The maximum Gasteiger partial charge on any atom is 0.418 e. The molecule has 0 unspecified atom stereocenters. The van der Waals surface area contributed by atoms with Crippen LogP contribution in [-0.4, -0.2) is 50.9 Å². The standard InChI is InChI=1S/C27H27F3N6O5/c1-4-41-24(37)17-11-22(34-23-16(17)6-5-7-18(23)27(28,29)30)33-21-12-19-20(13-31-21)35(2)26(39)36(19)15-9-8-14(10-15)32-25(38)40-3/h5-7,11-15H,4,8-10H2,1-3H3,(H,32,38)(H,31,33,34)/t14-,15-/m1/s1/i2D. The van der Waals surface area contributed by atoms with Crippen LogP contribution in [0.1, 0.15) is 49.5 Å². The summed E-state index contributed by atoms with van der Waals surface area (Å²) in [5.41, 5.74) is -1.16. The summed E-state index contributed by atoms with van der Waals surface area (Å²) in [7, 11) is 0.905. The average Bonchev–Trinajstić information content (AvgIpc) is 3.51. The molecule has 14 heteroatoms. The molecule has 11 nitrogen and oxygen atoms in total. The van der Waals surface area contributed by atoms with Crippen molar-refractivity contribution in [2.24, 2.45) is 7.02 Å². The van der Waals surface area contributed by atoms with Gasteiger partial charge in [-0.15, -0.1) is 0 Å². The van der Waals surface area contributed by atoms with E-state index in [0.29, 0.717) is 30.3 Å². The molecule has 2 atom stereocenters. The Balaban J connectivity index is 1.58. The lowest BCUT2D eigenvalue weighted by Gasteiger charge is -2.15. The highest BCUT2D eigenvalue weighted by Gasteiger charge is 2.34. The Morgan fingerprint density at radius 1 is 1.20 bits per heavy atom. The number of rotatable bonds is 6. The minimum atomic E-state index is -4.73. The number of para-hydroxylation sites is 1. The number of alkyl halides is 3. The first-order valence-electron chi connectivity index (χ1n) is 13.5. The summed E-state index contributed by atoms with van der Waals surface area (Å²) in [4.78, 5) is 46.1. The number of nitrogens with one attached hydrogen (secondary N) is 2. The van der Waals surface area contributed by atoms with Crippen molar-refractivity contribution in [2.75, 3.05) is 19.0 Å². The van der Waals surface area contributed by atoms with Crippen LogP contribution in [0.15, 0.2) is 41.3 Å². The van der Waals surface area contributed by atoms with E-state index in [1.54, 1.807) is 6.92 Å². The van der Waals surface area contributed by atoms with Gasteiger partial charge in [-0.05, 0) is 38.3 Å². The Morgan fingerprint density at radius 3 is 2.71 bits per heavy atom. The number of aryl methyl sites for hydroxylation is 1. The quantitative estimate of drug-likeness (QED) is 0.319. The largest absolute Gasteiger partial charge is 0.462 e. The molecule has 0 saturated heterocycles. The summed E-state index contributed by atoms with van der Waals surface area (Å²) in [5.74, 6) is -0.758. The molecular formula is C27H27F3N6O5. The molecule has 4 aromatic rings. The molecule has 1 saturated carbocycles. The van der Waals surface area contributed by atoms with Crippen LogP contribution in [-0.2, 0) is 22.7 Å². The molecule has 3 aromatic heterocycles. The number of hydrogen-bond donors (Lipinski definition) is 2. The monoisotopic (exact) mass is 573 g/mol. The van der Waals surface area contributed by atoms with Crippen LogP contribution in [0.5, 0.6) is 0 Å². The second kappa shape index (κ2) is 10.7. The van der Waals surface area contributed by atoms with Crippen LogP contribution >= 0.6 is 0 Å². The summed E-state index contributed by atoms with van der Waals surface area (Å²) in [5, 5.41) is 5.59. The normalized spacial score (nSPS) is 17.4. The molecule has 41 heavy (non-hydrogen) atoms. The maximum atomic E-state index is 13.8. The Labute approximate surface area is 232 Å². The van der Waals surface area contributed by atoms with Crippen LogP contribution < -0.4 is 16.3 Å². The van der Waals surface area contributed by atoms with Gasteiger partial charge in [0, 0.05) is 31.9 Å². The zero-order chi connectivity index (χ0) is 30.2. The van der Waals surface area contributed by atoms with E-state index in [2.05, 4.69) is 25.3 Å². The van der Waals surface area contributed by atoms with Gasteiger partial charge in [0.05, 0.1) is 47.6 Å². The lowest BCUT2D eigenvalue weighted by Crippen LogP contribution is -2.33. The highest BCUT2D eigenvalue weighted by atomic mass is 19.4. The first-order valence-corrected chi connectivity index (χ1v) is 12.7. The number of halogens is 3. The van der Waals surface area contributed by atoms with Crippen molar-refractivity contribution in [3.63, 3.8) is 0 Å². The van der Waals surface area contributed by atoms with E-state index in [9.17, 15) is 27.6 Å². The van der Waals surface area contributed by atoms with E-state index < -0.39 is 35.0 Å². The summed E-state index contributed by atoms with van der Waals surface area (Å²) < 4.78 is 61.9. The molecule has 1 aliphatic carbocycles. The number of benzene rings is 1. The number of nitrogens with zero attached hydrogens (tertiary/aromatic N) is 4. The number of pyridine rings is 2. The number of alkyl carbamates (subject to hydrolysis) is 1. The molecule has 0 radical (unpaired) electrons. The maximum absolute atomic E-state index is 13.8. The number of amides is 1. The fourth-order valence-corrected chi connectivity index (χ4v) is 5.19. The van der Waals surface area contributed by atoms with Gasteiger partial charge in [-0.2, -0.15) is 13.2 Å². The average molecular weight is 574 g/mol. The fourth-order valence-electron chi connectivity index (χ4n) is 5.19. The molecule has 216 valence electrons. The van der Waals surface area contributed by atoms with E-state index in [0.717, 1.165) is 6.07 Å². The van der Waals surface area contributed by atoms with Crippen LogP contribution in [0.2, 0.25) is 0 Å². The predicted molar refractivity (Wildman–Crippen MR) is 143 cm³/mol. The zero-order valence-electron chi connectivity index (χ0n) is 23.1. The van der Waals surface area contributed by atoms with Gasteiger partial charge in [0.15, 0.2) is 0 Å². The fraction of sp³-hybridized carbons (Fsp3) is 0.370. The summed E-state index contributed by atoms with van der Waals surface area (Å²) in [6, 6.07) is 5.75. The second-order valence-corrected chi connectivity index (χ2v) is 9.54. The van der Waals surface area contributed by atoms with E-state index in [4.69, 9.17) is 6.11 Å². The minimum absolute atomic E-state index is 0.0181. The third kappa shape index (κ3) is 5.28. The van der Waals surface area contributed by atoms with Crippen molar-refractivity contribution in [1.82, 2.24) is 24.4 Å². The molecule has 1 amide bonds. The molecule has 5 rings (SSSR count). The number of hydrogen-bond acceptors (Lipinski definition) is 8. The van der Waals surface area contributed by atoms with Gasteiger partial charge in [0.25, 0.3) is 0 Å². The number of imidazole rings is 1. The molecule has 1 aliphatic rings. The number of methoxy groups -OCH3 is 1. The van der Waals surface area contributed by atoms with Gasteiger partial charge in [-0.25, -0.2) is 24.4 Å². The van der Waals surface area contributed by atoms with E-state index in [-0.39, 0.29) is 48.3 Å². The van der Waals surface area contributed by atoms with Crippen molar-refractivity contribution in [3.05, 3.63) is 58.1 Å². The van der Waals surface area contributed by atoms with Crippen molar-refractivity contribution in [1.29, 1.82) is 0 Å². The molecule has 0 bridgehead atoms. The Kier molecular flexibility index (Phi) is 6.97. The third-order valence-electron chi connectivity index (χ3n) is 7.02. The Morgan fingerprint density at radius 2 is 2.00 bits per heavy atom. The molecule has 0 aliphatic heterocycles. The van der Waals surface area contributed by atoms with Gasteiger partial charge in [0.1, 0.15) is 11.6 Å². The van der Waals surface area contributed by atoms with E-state index in [1.165, 1.54) is 46.7 Å². The SMILES string of the molecule is [2H]Cn1c(=O)n([C@@H]2CC[C@@H](NC(=O)OC)C2)c2cc(Nc3cc(C(=O)OCC)c4cccc(C(F)(F)F)c4n3)ncc21. The first kappa shape index (κ1) is 26.6. The number of anilines is 2. The van der Waals surface area contributed by atoms with Crippen LogP contribution in [0.4, 0.5) is 29.6 Å². The van der Waals surface area contributed by atoms with Crippen molar-refractivity contribution < 1.29 is 33.6 Å². The number of carbonyl (C=O) groups excluding carboxylic acids is 2. The summed E-state index contributed by atoms with van der Waals surface area (Å²) >= 11 is 0. The van der Waals surface area contributed by atoms with Crippen LogP contribution in [0, 0.1) is 0 Å². The summed E-state index contributed by atoms with van der Waals surface area (Å²) in [6.07, 6.45) is -2.28. The molecular weight excluding hydrogens is 545 g/mol. The first-order chi connectivity index (χ1) is 20.0. The summed E-state index contributed by atoms with van der Waals surface area (Å²) in [6.45, 7) is 1.60. The van der Waals surface area contributed by atoms with Crippen molar-refractivity contribution in [3.8, 4) is 0 Å². The minimum Gasteiger partial charge on any atom is -0.462 e. The highest BCUT2D eigenvalue weighted by Crippen LogP contribution is 2.36. The second-order valence-electron chi connectivity index (χ2n) is 9.54. The third-order valence-corrected chi connectivity index (χ3v) is 7.02. The van der Waals surface area contributed by atoms with Crippen LogP contribution in [0.3, 0.4) is 0 Å². The highest BCUT2D eigenvalue weighted by molar-refractivity contribution is 6.05. The van der Waals surface area contributed by atoms with E-state index in [1.807, 2.05) is 0 Å². The zero-order valence-corrected chi connectivity index (χ0v) is 22.1. The molecule has 1 aromatic carbocycles. The van der Waals surface area contributed by atoms with Gasteiger partial charge in [-0.3, -0.25) is 9.13 Å². The van der Waals surface area contributed by atoms with Crippen LogP contribution in [0.25, 0.3) is 21.9 Å². The van der Waals surface area contributed by atoms with Gasteiger partial charge in [-0.1, -0.05) is 12.1 Å². The van der Waals surface area contributed by atoms with Gasteiger partial charge in [0.2, 0.25) is 0 Å². The smallest absolute Gasteiger partial charge is 0.418 e. The number of aromatic nitrogens is 4. The number of carbonyl (C=O) groups is 2. The Bertz CT molecular complexity index is 1740. The number of esters is 1. The van der Waals surface area contributed by atoms with Gasteiger partial charge >= 0.3 is 23.9 Å². The number of ether oxygens (including phenoxy) is 2. The lowest BCUT2D eigenvalue weighted by atomic mass is 10.0. The molecule has 2 N–H and O–H groups in total.